The Labute approximate surface area is 416 Å². The number of oxazole rings is 1. The number of pyridine rings is 1. The first-order valence-corrected chi connectivity index (χ1v) is 23.6. The predicted molar refractivity (Wildman–Crippen MR) is 250 cm³/mol. The molecule has 3 amide bonds. The van der Waals surface area contributed by atoms with Gasteiger partial charge in [-0.25, -0.2) is 18.7 Å². The summed E-state index contributed by atoms with van der Waals surface area (Å²) < 4.78 is 133. The van der Waals surface area contributed by atoms with Crippen molar-refractivity contribution in [2.45, 2.75) is 97.2 Å². The van der Waals surface area contributed by atoms with E-state index in [0.29, 0.717) is 54.4 Å². The Kier molecular flexibility index (Phi) is 15.2. The van der Waals surface area contributed by atoms with Crippen LogP contribution in [-0.2, 0) is 31.5 Å². The van der Waals surface area contributed by atoms with Gasteiger partial charge in [0, 0.05) is 24.8 Å². The number of hydrogen-bond acceptors (Lipinski definition) is 12. The number of halogens is 8. The number of alkyl halides is 6. The van der Waals surface area contributed by atoms with Crippen molar-refractivity contribution >= 4 is 57.8 Å². The molecule has 0 spiro atoms. The van der Waals surface area contributed by atoms with Crippen LogP contribution < -0.4 is 19.9 Å². The number of amides is 3. The number of benzene rings is 2. The molecule has 14 nitrogen and oxygen atoms in total. The minimum Gasteiger partial charge on any atom is -0.494 e. The molecule has 24 heteroatoms. The number of hydrogen-bond donors (Lipinski definition) is 1. The van der Waals surface area contributed by atoms with Crippen molar-refractivity contribution in [2.24, 2.45) is 5.41 Å². The molecule has 2 saturated heterocycles. The third-order valence-electron chi connectivity index (χ3n) is 12.0. The second-order valence-corrected chi connectivity index (χ2v) is 19.7. The Balaban J connectivity index is 0.938. The Morgan fingerprint density at radius 2 is 1.76 bits per heavy atom. The third-order valence-corrected chi connectivity index (χ3v) is 13.3. The van der Waals surface area contributed by atoms with Crippen molar-refractivity contribution in [1.29, 1.82) is 5.26 Å². The highest BCUT2D eigenvalue weighted by Gasteiger charge is 2.52. The summed E-state index contributed by atoms with van der Waals surface area (Å²) in [6, 6.07) is 4.91. The van der Waals surface area contributed by atoms with E-state index >= 15 is 8.78 Å². The van der Waals surface area contributed by atoms with Crippen LogP contribution in [0.5, 0.6) is 5.75 Å². The number of carbonyl (C=O) groups is 3. The molecule has 1 unspecified atom stereocenters. The standard InChI is InChI=1S/C48H46F8N8O6S2/c1-25-39(72-24-59-25)32-22-70-41(60-32)34-10-9-15-62(34)42(66)40(45(2,3)4)61-35(65)23-68-16-7-8-17-69-28-12-13-29(30(19-28)47(51,52)53)38-31(49)18-27(21-58-38)64-44(71)63(43(67)46(64,5)6)33-14-11-26(20-57)36(37(33)50)48(54,55)56/h11-14,18-19,21-22,24,34,40H,7-10,15-17,23H2,1-6H3,(H,61,65)/t34-,40?/m0/s1. The molecule has 0 saturated carbocycles. The van der Waals surface area contributed by atoms with Crippen molar-refractivity contribution in [3.8, 4) is 33.6 Å². The number of thiocarbonyl (C=S) groups is 1. The fourth-order valence-corrected chi connectivity index (χ4v) is 9.68. The maximum atomic E-state index is 15.9. The number of unbranched alkanes of at least 4 members (excludes halogenated alkanes) is 1. The lowest BCUT2D eigenvalue weighted by Gasteiger charge is -2.35. The van der Waals surface area contributed by atoms with Gasteiger partial charge in [-0.15, -0.1) is 11.3 Å². The number of nitrogens with zero attached hydrogens (tertiary/aromatic N) is 7. The van der Waals surface area contributed by atoms with Crippen LogP contribution in [0.25, 0.3) is 21.8 Å². The number of anilines is 2. The van der Waals surface area contributed by atoms with Gasteiger partial charge < -0.3 is 29.0 Å². The van der Waals surface area contributed by atoms with Gasteiger partial charge in [0.2, 0.25) is 17.7 Å². The van der Waals surface area contributed by atoms with E-state index < -0.39 is 97.6 Å². The molecule has 2 aromatic carbocycles. The SMILES string of the molecule is Cc1ncsc1-c1coc([C@@H]2CCCN2C(=O)C(NC(=O)COCCCCOc2ccc(-c3ncc(N4C(=S)N(c5ccc(C#N)c(C(F)(F)F)c5F)C(=O)C4(C)C)cc3F)c(C(F)(F)F)c2)C(C)(C)C)n1. The lowest BCUT2D eigenvalue weighted by atomic mass is 9.85. The molecule has 2 aliphatic rings. The number of ether oxygens (including phenoxy) is 2. The van der Waals surface area contributed by atoms with E-state index in [1.165, 1.54) is 37.3 Å². The van der Waals surface area contributed by atoms with Gasteiger partial charge >= 0.3 is 12.4 Å². The van der Waals surface area contributed by atoms with Crippen LogP contribution in [-0.4, -0.2) is 80.6 Å². The first-order chi connectivity index (χ1) is 33.7. The summed E-state index contributed by atoms with van der Waals surface area (Å²) in [6.45, 7) is 9.98. The van der Waals surface area contributed by atoms with Gasteiger partial charge in [0.15, 0.2) is 16.7 Å². The summed E-state index contributed by atoms with van der Waals surface area (Å²) >= 11 is 6.81. The summed E-state index contributed by atoms with van der Waals surface area (Å²) in [5.74, 6) is -4.90. The maximum absolute atomic E-state index is 15.9. The van der Waals surface area contributed by atoms with E-state index in [9.17, 15) is 40.7 Å². The number of nitriles is 1. The Hall–Kier alpha value is -6.58. The van der Waals surface area contributed by atoms with E-state index in [1.807, 2.05) is 27.7 Å². The summed E-state index contributed by atoms with van der Waals surface area (Å²) in [5, 5.41) is 11.4. The molecular weight excluding hydrogens is 1000 g/mol. The van der Waals surface area contributed by atoms with Gasteiger partial charge in [-0.3, -0.25) is 24.3 Å². The quantitative estimate of drug-likeness (QED) is 0.0600. The smallest absolute Gasteiger partial charge is 0.420 e. The number of likely N-dealkylation sites (tertiary alicyclic amines) is 1. The predicted octanol–water partition coefficient (Wildman–Crippen LogP) is 10.3. The van der Waals surface area contributed by atoms with Gasteiger partial charge in [0.1, 0.15) is 53.2 Å². The van der Waals surface area contributed by atoms with E-state index in [-0.39, 0.29) is 37.2 Å². The van der Waals surface area contributed by atoms with E-state index in [0.717, 1.165) is 46.3 Å². The summed E-state index contributed by atoms with van der Waals surface area (Å²) in [5.41, 5.74) is -6.23. The first kappa shape index (κ1) is 53.2. The number of thiazole rings is 1. The zero-order valence-electron chi connectivity index (χ0n) is 39.4. The van der Waals surface area contributed by atoms with Gasteiger partial charge in [0.05, 0.1) is 57.5 Å². The van der Waals surface area contributed by atoms with Crippen LogP contribution in [0.3, 0.4) is 0 Å². The Bertz CT molecular complexity index is 2950. The van der Waals surface area contributed by atoms with Crippen LogP contribution in [0.1, 0.15) is 94.6 Å². The van der Waals surface area contributed by atoms with E-state index in [2.05, 4.69) is 20.3 Å². The number of rotatable bonds is 15. The number of aryl methyl sites for hydroxylation is 1. The average Bonchev–Trinajstić information content (AvgIpc) is 4.11. The summed E-state index contributed by atoms with van der Waals surface area (Å²) in [7, 11) is 0. The van der Waals surface area contributed by atoms with Crippen molar-refractivity contribution in [3.63, 3.8) is 0 Å². The first-order valence-electron chi connectivity index (χ1n) is 22.3. The molecule has 0 aliphatic carbocycles. The number of nitrogens with one attached hydrogen (secondary N) is 1. The second kappa shape index (κ2) is 20.5. The molecule has 7 rings (SSSR count). The molecule has 0 radical (unpaired) electrons. The van der Waals surface area contributed by atoms with E-state index in [4.69, 9.17) is 31.4 Å². The van der Waals surface area contributed by atoms with Crippen LogP contribution in [0.2, 0.25) is 0 Å². The molecule has 2 fully saturated rings. The van der Waals surface area contributed by atoms with E-state index in [1.54, 1.807) is 16.7 Å². The minimum atomic E-state index is -5.33. The molecule has 2 aliphatic heterocycles. The molecule has 2 atom stereocenters. The lowest BCUT2D eigenvalue weighted by Crippen LogP contribution is -2.55. The van der Waals surface area contributed by atoms with Crippen molar-refractivity contribution < 1.29 is 63.4 Å². The van der Waals surface area contributed by atoms with Gasteiger partial charge in [-0.05, 0) is 94.4 Å². The van der Waals surface area contributed by atoms with Crippen molar-refractivity contribution in [2.75, 3.05) is 36.2 Å². The topological polar surface area (TPSA) is 167 Å². The molecular formula is C48H46F8N8O6S2. The molecule has 5 heterocycles. The Morgan fingerprint density at radius 1 is 1.04 bits per heavy atom. The number of aromatic nitrogens is 3. The fraction of sp³-hybridized carbons (Fsp3) is 0.417. The Morgan fingerprint density at radius 3 is 2.40 bits per heavy atom. The van der Waals surface area contributed by atoms with Crippen LogP contribution in [0, 0.1) is 35.3 Å². The second-order valence-electron chi connectivity index (χ2n) is 18.5. The summed E-state index contributed by atoms with van der Waals surface area (Å²) in [6.07, 6.45) is -5.92. The van der Waals surface area contributed by atoms with Gasteiger partial charge in [-0.2, -0.15) is 31.6 Å². The normalized spacial score (nSPS) is 16.6. The highest BCUT2D eigenvalue weighted by Crippen LogP contribution is 2.44. The average molecular weight is 1050 g/mol. The van der Waals surface area contributed by atoms with Crippen LogP contribution in [0.15, 0.2) is 58.8 Å². The lowest BCUT2D eigenvalue weighted by molar-refractivity contribution is -0.141. The maximum Gasteiger partial charge on any atom is 0.420 e. The zero-order chi connectivity index (χ0) is 52.7. The van der Waals surface area contributed by atoms with Crippen LogP contribution >= 0.6 is 23.6 Å². The number of carbonyl (C=O) groups excluding carboxylic acids is 3. The molecule has 72 heavy (non-hydrogen) atoms. The van der Waals surface area contributed by atoms with Crippen molar-refractivity contribution in [3.05, 3.63) is 94.3 Å². The molecule has 3 aromatic heterocycles. The highest BCUT2D eigenvalue weighted by atomic mass is 32.1. The third kappa shape index (κ3) is 10.8. The fourth-order valence-electron chi connectivity index (χ4n) is 8.41. The highest BCUT2D eigenvalue weighted by molar-refractivity contribution is 7.81. The minimum absolute atomic E-state index is 0.0634. The van der Waals surface area contributed by atoms with Gasteiger partial charge in [0.25, 0.3) is 5.91 Å². The van der Waals surface area contributed by atoms with Crippen molar-refractivity contribution in [1.82, 2.24) is 25.2 Å². The molecule has 1 N–H and O–H groups in total. The van der Waals surface area contributed by atoms with Gasteiger partial charge in [-0.1, -0.05) is 20.8 Å². The molecule has 0 bridgehead atoms. The monoisotopic (exact) mass is 1050 g/mol. The zero-order valence-corrected chi connectivity index (χ0v) is 41.1. The molecule has 382 valence electrons. The molecule has 5 aromatic rings. The summed E-state index contributed by atoms with van der Waals surface area (Å²) in [4.78, 5) is 57.5. The van der Waals surface area contributed by atoms with Crippen LogP contribution in [0.4, 0.5) is 46.5 Å². The largest absolute Gasteiger partial charge is 0.494 e.